The molecule has 4 rings (SSSR count). The van der Waals surface area contributed by atoms with E-state index in [0.29, 0.717) is 36.0 Å². The number of aryl methyl sites for hydroxylation is 1. The summed E-state index contributed by atoms with van der Waals surface area (Å²) in [5.41, 5.74) is 3.85. The van der Waals surface area contributed by atoms with Gasteiger partial charge in [-0.2, -0.15) is 0 Å². The van der Waals surface area contributed by atoms with Gasteiger partial charge in [-0.15, -0.1) is 0 Å². The van der Waals surface area contributed by atoms with Crippen molar-refractivity contribution >= 4 is 18.3 Å². The molecule has 46 heavy (non-hydrogen) atoms. The number of nitrogens with zero attached hydrogens (tertiary/aromatic N) is 5. The molecule has 1 atom stereocenters. The van der Waals surface area contributed by atoms with E-state index in [1.807, 2.05) is 70.3 Å². The van der Waals surface area contributed by atoms with Crippen LogP contribution in [0.25, 0.3) is 17.2 Å². The number of hydrogen-bond donors (Lipinski definition) is 1. The monoisotopic (exact) mass is 626 g/mol. The summed E-state index contributed by atoms with van der Waals surface area (Å²) in [4.78, 5) is 43.3. The topological polar surface area (TPSA) is 128 Å². The Morgan fingerprint density at radius 3 is 2.59 bits per heavy atom. The molecule has 244 valence electrons. The lowest BCUT2D eigenvalue weighted by Gasteiger charge is -2.20. The molecular weight excluding hydrogens is 580 g/mol. The van der Waals surface area contributed by atoms with Crippen LogP contribution in [0.3, 0.4) is 0 Å². The van der Waals surface area contributed by atoms with Crippen LogP contribution in [-0.4, -0.2) is 38.7 Å². The molecule has 1 aliphatic rings. The number of unbranched alkanes of at least 4 members (excludes halogenated alkanes) is 1. The van der Waals surface area contributed by atoms with Gasteiger partial charge in [-0.3, -0.25) is 19.3 Å². The molecule has 1 saturated carbocycles. The van der Waals surface area contributed by atoms with Crippen molar-refractivity contribution < 1.29 is 9.26 Å². The number of H-pyrrole nitrogens is 1. The van der Waals surface area contributed by atoms with Crippen LogP contribution in [0.15, 0.2) is 78.4 Å². The molecule has 0 saturated heterocycles. The van der Waals surface area contributed by atoms with Gasteiger partial charge in [0.2, 0.25) is 0 Å². The van der Waals surface area contributed by atoms with Gasteiger partial charge in [-0.1, -0.05) is 68.3 Å². The standard InChI is InChI=1S/C36H46N6O4/c1-7-11-20-32-31(21-26(8-2)22-37-24(5)29-18-14-15-19-30(29)33-40-36(44)46-41-33)35(43)42(34(39-32)27-16-12-13-17-27)25(6)38-23-28(9-3)45-10-4/h8-9,14-15,18-19,22-24,27H,6-7,10-13,16-17,20-21H2,1-5H3,(H,40,41,44)/b26-8-,28-9+,37-22?,38-23-/t24-/m1/s1. The number of aromatic nitrogens is 4. The number of allylic oxidation sites excluding steroid dienone is 4. The number of aliphatic imine (C=N–C) groups is 2. The normalized spacial score (nSPS) is 15.3. The lowest BCUT2D eigenvalue weighted by atomic mass is 9.99. The molecule has 0 spiro atoms. The highest BCUT2D eigenvalue weighted by Gasteiger charge is 2.26. The second-order valence-electron chi connectivity index (χ2n) is 11.4. The maximum atomic E-state index is 14.5. The smallest absolute Gasteiger partial charge is 0.439 e. The Kier molecular flexibility index (Phi) is 12.4. The van der Waals surface area contributed by atoms with E-state index in [-0.39, 0.29) is 17.5 Å². The first kappa shape index (κ1) is 34.3. The summed E-state index contributed by atoms with van der Waals surface area (Å²) in [5, 5.41) is 3.86. The van der Waals surface area contributed by atoms with Crippen molar-refractivity contribution in [2.75, 3.05) is 6.61 Å². The molecule has 2 aromatic heterocycles. The molecule has 0 unspecified atom stereocenters. The van der Waals surface area contributed by atoms with Crippen LogP contribution in [0.2, 0.25) is 0 Å². The fraction of sp³-hybridized carbons (Fsp3) is 0.444. The van der Waals surface area contributed by atoms with Crippen LogP contribution < -0.4 is 11.3 Å². The lowest BCUT2D eigenvalue weighted by molar-refractivity contribution is 0.251. The van der Waals surface area contributed by atoms with Crippen LogP contribution in [0, 0.1) is 0 Å². The summed E-state index contributed by atoms with van der Waals surface area (Å²) in [7, 11) is 0. The lowest BCUT2D eigenvalue weighted by Crippen LogP contribution is -2.31. The Morgan fingerprint density at radius 2 is 1.93 bits per heavy atom. The van der Waals surface area contributed by atoms with Crippen molar-refractivity contribution in [3.63, 3.8) is 0 Å². The summed E-state index contributed by atoms with van der Waals surface area (Å²) in [5.74, 6) is 1.63. The molecule has 1 aliphatic carbocycles. The second kappa shape index (κ2) is 16.6. The van der Waals surface area contributed by atoms with Gasteiger partial charge in [0.05, 0.1) is 24.6 Å². The van der Waals surface area contributed by atoms with E-state index < -0.39 is 5.76 Å². The van der Waals surface area contributed by atoms with E-state index in [1.54, 1.807) is 10.8 Å². The number of nitrogens with one attached hydrogen (secondary N) is 1. The minimum Gasteiger partial charge on any atom is -0.493 e. The van der Waals surface area contributed by atoms with Crippen molar-refractivity contribution in [2.24, 2.45) is 9.98 Å². The molecule has 10 nitrogen and oxygen atoms in total. The fourth-order valence-corrected chi connectivity index (χ4v) is 5.75. The highest BCUT2D eigenvalue weighted by atomic mass is 16.5. The quantitative estimate of drug-likeness (QED) is 0.139. The highest BCUT2D eigenvalue weighted by Crippen LogP contribution is 2.34. The maximum absolute atomic E-state index is 14.5. The molecule has 3 aromatic rings. The number of aromatic amines is 1. The summed E-state index contributed by atoms with van der Waals surface area (Å²) < 4.78 is 12.0. The van der Waals surface area contributed by atoms with Gasteiger partial charge in [0.1, 0.15) is 17.4 Å². The van der Waals surface area contributed by atoms with E-state index in [1.165, 1.54) is 0 Å². The molecule has 1 fully saturated rings. The third-order valence-corrected chi connectivity index (χ3v) is 8.29. The van der Waals surface area contributed by atoms with Gasteiger partial charge in [0, 0.05) is 29.7 Å². The summed E-state index contributed by atoms with van der Waals surface area (Å²) in [6, 6.07) is 7.35. The van der Waals surface area contributed by atoms with Gasteiger partial charge in [-0.25, -0.2) is 19.3 Å². The van der Waals surface area contributed by atoms with E-state index >= 15 is 0 Å². The number of hydrogen-bond acceptors (Lipinski definition) is 8. The second-order valence-corrected chi connectivity index (χ2v) is 11.4. The van der Waals surface area contributed by atoms with Gasteiger partial charge in [0.25, 0.3) is 5.56 Å². The number of benzene rings is 1. The molecule has 1 N–H and O–H groups in total. The zero-order valence-corrected chi connectivity index (χ0v) is 27.7. The fourth-order valence-electron chi connectivity index (χ4n) is 5.75. The molecule has 1 aromatic carbocycles. The maximum Gasteiger partial charge on any atom is 0.439 e. The van der Waals surface area contributed by atoms with Crippen molar-refractivity contribution in [2.45, 2.75) is 97.9 Å². The Morgan fingerprint density at radius 1 is 1.17 bits per heavy atom. The first-order chi connectivity index (χ1) is 22.3. The van der Waals surface area contributed by atoms with Crippen LogP contribution >= 0.6 is 0 Å². The highest BCUT2D eigenvalue weighted by molar-refractivity contribution is 5.80. The van der Waals surface area contributed by atoms with E-state index in [0.717, 1.165) is 73.2 Å². The van der Waals surface area contributed by atoms with Gasteiger partial charge in [0.15, 0.2) is 5.82 Å². The van der Waals surface area contributed by atoms with Gasteiger partial charge >= 0.3 is 5.76 Å². The van der Waals surface area contributed by atoms with Crippen LogP contribution in [0.1, 0.15) is 108 Å². The molecule has 0 aliphatic heterocycles. The first-order valence-electron chi connectivity index (χ1n) is 16.3. The van der Waals surface area contributed by atoms with Crippen molar-refractivity contribution in [1.82, 2.24) is 19.7 Å². The number of rotatable bonds is 15. The molecule has 0 radical (unpaired) electrons. The Balaban J connectivity index is 1.72. The summed E-state index contributed by atoms with van der Waals surface area (Å²) in [6.45, 7) is 14.6. The largest absolute Gasteiger partial charge is 0.493 e. The third kappa shape index (κ3) is 8.35. The zero-order chi connectivity index (χ0) is 33.1. The average Bonchev–Trinajstić information content (AvgIpc) is 3.76. The molecule has 0 bridgehead atoms. The molecule has 0 amide bonds. The Labute approximate surface area is 270 Å². The molecule has 2 heterocycles. The van der Waals surface area contributed by atoms with Gasteiger partial charge < -0.3 is 4.74 Å². The van der Waals surface area contributed by atoms with Crippen molar-refractivity contribution in [1.29, 1.82) is 0 Å². The predicted octanol–water partition coefficient (Wildman–Crippen LogP) is 7.35. The predicted molar refractivity (Wildman–Crippen MR) is 184 cm³/mol. The van der Waals surface area contributed by atoms with Crippen molar-refractivity contribution in [3.05, 3.63) is 97.9 Å². The Hall–Kier alpha value is -4.60. The average molecular weight is 627 g/mol. The minimum atomic E-state index is -0.612. The SMILES string of the molecule is C=C(/N=C\C(=C/C)OCC)n1c(C2CCCC2)nc(CCCC)c(C/C(C=N[C@H](C)c2ccccc2-c2noc(=O)[nH]2)=C/C)c1=O. The summed E-state index contributed by atoms with van der Waals surface area (Å²) in [6.07, 6.45) is 14.5. The van der Waals surface area contributed by atoms with Crippen molar-refractivity contribution in [3.8, 4) is 11.4 Å². The van der Waals surface area contributed by atoms with Crippen LogP contribution in [0.4, 0.5) is 0 Å². The van der Waals surface area contributed by atoms with Gasteiger partial charge in [-0.05, 0) is 70.6 Å². The van der Waals surface area contributed by atoms with Crippen LogP contribution in [0.5, 0.6) is 0 Å². The van der Waals surface area contributed by atoms with E-state index in [2.05, 4.69) is 28.6 Å². The molecule has 10 heteroatoms. The Bertz CT molecular complexity index is 1730. The van der Waals surface area contributed by atoms with E-state index in [4.69, 9.17) is 19.2 Å². The number of ether oxygens (including phenoxy) is 1. The minimum absolute atomic E-state index is 0.135. The molecular formula is C36H46N6O4. The third-order valence-electron chi connectivity index (χ3n) is 8.29. The zero-order valence-electron chi connectivity index (χ0n) is 27.7. The van der Waals surface area contributed by atoms with Crippen LogP contribution in [-0.2, 0) is 17.6 Å². The van der Waals surface area contributed by atoms with E-state index in [9.17, 15) is 9.59 Å². The summed E-state index contributed by atoms with van der Waals surface area (Å²) >= 11 is 0. The first-order valence-corrected chi connectivity index (χ1v) is 16.3.